The van der Waals surface area contributed by atoms with Crippen LogP contribution in [0.1, 0.15) is 19.8 Å². The molecule has 3 N–H and O–H groups in total. The van der Waals surface area contributed by atoms with Gasteiger partial charge in [0.05, 0.1) is 18.4 Å². The molecule has 1 heterocycles. The quantitative estimate of drug-likeness (QED) is 0.866. The highest BCUT2D eigenvalue weighted by molar-refractivity contribution is 9.10. The largest absolute Gasteiger partial charge is 0.320 e. The lowest BCUT2D eigenvalue weighted by Crippen LogP contribution is -2.35. The van der Waals surface area contributed by atoms with Crippen molar-refractivity contribution < 1.29 is 4.79 Å². The van der Waals surface area contributed by atoms with Crippen molar-refractivity contribution in [3.05, 3.63) is 17.0 Å². The third-order valence-electron chi connectivity index (χ3n) is 1.81. The monoisotopic (exact) mass is 272 g/mol. The van der Waals surface area contributed by atoms with Crippen molar-refractivity contribution in [2.24, 2.45) is 5.73 Å². The molecule has 1 atom stereocenters. The Morgan fingerprint density at radius 2 is 2.33 bits per heavy atom. The van der Waals surface area contributed by atoms with Gasteiger partial charge in [-0.1, -0.05) is 13.3 Å². The van der Waals surface area contributed by atoms with Gasteiger partial charge in [-0.15, -0.1) is 0 Å². The van der Waals surface area contributed by atoms with Gasteiger partial charge in [-0.05, 0) is 22.4 Å². The summed E-state index contributed by atoms with van der Waals surface area (Å²) in [7, 11) is 0. The number of halogens is 1. The van der Waals surface area contributed by atoms with Gasteiger partial charge in [0.2, 0.25) is 5.91 Å². The number of nitrogens with one attached hydrogen (secondary N) is 1. The molecule has 0 aliphatic carbocycles. The summed E-state index contributed by atoms with van der Waals surface area (Å²) in [6.07, 6.45) is 4.53. The van der Waals surface area contributed by atoms with Gasteiger partial charge in [-0.2, -0.15) is 0 Å². The molecule has 0 saturated heterocycles. The van der Waals surface area contributed by atoms with Crippen LogP contribution in [0.5, 0.6) is 0 Å². The van der Waals surface area contributed by atoms with E-state index in [2.05, 4.69) is 31.2 Å². The van der Waals surface area contributed by atoms with Crippen molar-refractivity contribution in [3.63, 3.8) is 0 Å². The second kappa shape index (κ2) is 5.77. The van der Waals surface area contributed by atoms with Crippen LogP contribution in [0.25, 0.3) is 0 Å². The lowest BCUT2D eigenvalue weighted by molar-refractivity contribution is -0.117. The zero-order valence-corrected chi connectivity index (χ0v) is 9.99. The van der Waals surface area contributed by atoms with E-state index in [4.69, 9.17) is 5.73 Å². The molecule has 0 aromatic carbocycles. The van der Waals surface area contributed by atoms with Crippen LogP contribution in [0.3, 0.4) is 0 Å². The summed E-state index contributed by atoms with van der Waals surface area (Å²) in [5, 5.41) is 2.60. The van der Waals surface area contributed by atoms with E-state index in [1.165, 1.54) is 12.4 Å². The highest BCUT2D eigenvalue weighted by Gasteiger charge is 2.12. The number of anilines is 1. The first-order valence-electron chi connectivity index (χ1n) is 4.67. The first-order chi connectivity index (χ1) is 7.13. The molecule has 1 rings (SSSR count). The third kappa shape index (κ3) is 3.93. The standard InChI is InChI=1S/C9H13BrN4O/c1-2-3-6(11)9(15)14-8-5-12-7(10)4-13-8/h4-6H,2-3,11H2,1H3,(H,13,14,15). The molecular weight excluding hydrogens is 260 g/mol. The van der Waals surface area contributed by atoms with E-state index in [1.54, 1.807) is 0 Å². The number of aromatic nitrogens is 2. The molecule has 1 aromatic heterocycles. The van der Waals surface area contributed by atoms with Crippen LogP contribution in [0.2, 0.25) is 0 Å². The maximum Gasteiger partial charge on any atom is 0.242 e. The van der Waals surface area contributed by atoms with Gasteiger partial charge in [0.15, 0.2) is 5.82 Å². The predicted octanol–water partition coefficient (Wildman–Crippen LogP) is 1.30. The van der Waals surface area contributed by atoms with Gasteiger partial charge in [0.1, 0.15) is 4.60 Å². The van der Waals surface area contributed by atoms with Crippen molar-refractivity contribution in [1.29, 1.82) is 0 Å². The number of hydrogen-bond donors (Lipinski definition) is 2. The second-order valence-electron chi connectivity index (χ2n) is 3.11. The molecule has 0 fully saturated rings. The molecule has 1 aromatic rings. The van der Waals surface area contributed by atoms with Crippen LogP contribution in [-0.2, 0) is 4.79 Å². The Hall–Kier alpha value is -1.01. The summed E-state index contributed by atoms with van der Waals surface area (Å²) in [5.74, 6) is 0.184. The Kier molecular flexibility index (Phi) is 4.64. The number of rotatable bonds is 4. The van der Waals surface area contributed by atoms with Gasteiger partial charge in [0.25, 0.3) is 0 Å². The minimum Gasteiger partial charge on any atom is -0.320 e. The smallest absolute Gasteiger partial charge is 0.242 e. The average molecular weight is 273 g/mol. The minimum absolute atomic E-state index is 0.228. The normalized spacial score (nSPS) is 12.2. The van der Waals surface area contributed by atoms with E-state index in [0.717, 1.165) is 6.42 Å². The molecule has 6 heteroatoms. The lowest BCUT2D eigenvalue weighted by atomic mass is 10.2. The third-order valence-corrected chi connectivity index (χ3v) is 2.22. The fraction of sp³-hybridized carbons (Fsp3) is 0.444. The van der Waals surface area contributed by atoms with Gasteiger partial charge in [-0.3, -0.25) is 4.79 Å². The van der Waals surface area contributed by atoms with E-state index in [0.29, 0.717) is 16.8 Å². The van der Waals surface area contributed by atoms with Crippen LogP contribution in [0.15, 0.2) is 17.0 Å². The summed E-state index contributed by atoms with van der Waals surface area (Å²) in [5.41, 5.74) is 5.64. The molecule has 1 amide bonds. The zero-order valence-electron chi connectivity index (χ0n) is 8.40. The number of carbonyl (C=O) groups is 1. The first kappa shape index (κ1) is 12.1. The Balaban J connectivity index is 2.54. The van der Waals surface area contributed by atoms with Crippen molar-refractivity contribution in [2.45, 2.75) is 25.8 Å². The van der Waals surface area contributed by atoms with E-state index in [-0.39, 0.29) is 5.91 Å². The topological polar surface area (TPSA) is 80.9 Å². The maximum atomic E-state index is 11.5. The second-order valence-corrected chi connectivity index (χ2v) is 3.92. The summed E-state index contributed by atoms with van der Waals surface area (Å²) in [6.45, 7) is 1.98. The van der Waals surface area contributed by atoms with Crippen LogP contribution >= 0.6 is 15.9 Å². The summed E-state index contributed by atoms with van der Waals surface area (Å²) >= 11 is 3.15. The van der Waals surface area contributed by atoms with E-state index in [1.807, 2.05) is 6.92 Å². The lowest BCUT2D eigenvalue weighted by Gasteiger charge is -2.09. The van der Waals surface area contributed by atoms with Crippen molar-refractivity contribution in [2.75, 3.05) is 5.32 Å². The molecular formula is C9H13BrN4O. The molecule has 5 nitrogen and oxygen atoms in total. The Bertz CT molecular complexity index is 327. The highest BCUT2D eigenvalue weighted by atomic mass is 79.9. The molecule has 1 unspecified atom stereocenters. The molecule has 0 saturated carbocycles. The van der Waals surface area contributed by atoms with Gasteiger partial charge < -0.3 is 11.1 Å². The zero-order chi connectivity index (χ0) is 11.3. The van der Waals surface area contributed by atoms with Gasteiger partial charge in [0, 0.05) is 0 Å². The summed E-state index contributed by atoms with van der Waals surface area (Å²) in [6, 6.07) is -0.486. The van der Waals surface area contributed by atoms with E-state index in [9.17, 15) is 4.79 Å². The van der Waals surface area contributed by atoms with Crippen LogP contribution in [0, 0.1) is 0 Å². The Labute approximate surface area is 96.6 Å². The van der Waals surface area contributed by atoms with Crippen LogP contribution < -0.4 is 11.1 Å². The van der Waals surface area contributed by atoms with E-state index < -0.39 is 6.04 Å². The average Bonchev–Trinajstić information content (AvgIpc) is 2.22. The SMILES string of the molecule is CCCC(N)C(=O)Nc1cnc(Br)cn1. The molecule has 0 spiro atoms. The van der Waals surface area contributed by atoms with E-state index >= 15 is 0 Å². The first-order valence-corrected chi connectivity index (χ1v) is 5.46. The molecule has 0 aliphatic rings. The number of hydrogen-bond acceptors (Lipinski definition) is 4. The number of nitrogens with zero attached hydrogens (tertiary/aromatic N) is 2. The minimum atomic E-state index is -0.486. The number of amides is 1. The molecule has 0 radical (unpaired) electrons. The molecule has 0 bridgehead atoms. The number of nitrogens with two attached hydrogens (primary N) is 1. The molecule has 15 heavy (non-hydrogen) atoms. The van der Waals surface area contributed by atoms with Crippen molar-refractivity contribution >= 4 is 27.7 Å². The fourth-order valence-electron chi connectivity index (χ4n) is 1.04. The predicted molar refractivity (Wildman–Crippen MR) is 61.2 cm³/mol. The Morgan fingerprint density at radius 3 is 2.87 bits per heavy atom. The fourth-order valence-corrected chi connectivity index (χ4v) is 1.24. The number of carbonyl (C=O) groups excluding carboxylic acids is 1. The summed E-state index contributed by atoms with van der Waals surface area (Å²) < 4.78 is 0.623. The van der Waals surface area contributed by atoms with Gasteiger partial charge >= 0.3 is 0 Å². The van der Waals surface area contributed by atoms with Crippen molar-refractivity contribution in [1.82, 2.24) is 9.97 Å². The van der Waals surface area contributed by atoms with Crippen LogP contribution in [0.4, 0.5) is 5.82 Å². The summed E-state index contributed by atoms with van der Waals surface area (Å²) in [4.78, 5) is 19.4. The Morgan fingerprint density at radius 1 is 1.60 bits per heavy atom. The maximum absolute atomic E-state index is 11.5. The van der Waals surface area contributed by atoms with Gasteiger partial charge in [-0.25, -0.2) is 9.97 Å². The molecule has 0 aliphatic heterocycles. The highest BCUT2D eigenvalue weighted by Crippen LogP contribution is 2.06. The van der Waals surface area contributed by atoms with Crippen LogP contribution in [-0.4, -0.2) is 21.9 Å². The molecule has 82 valence electrons. The van der Waals surface area contributed by atoms with Crippen molar-refractivity contribution in [3.8, 4) is 0 Å².